The van der Waals surface area contributed by atoms with Crippen molar-refractivity contribution in [1.82, 2.24) is 0 Å². The molecule has 0 aliphatic carbocycles. The number of benzene rings is 1. The maximum Gasteiger partial charge on any atom is 0.209 e. The van der Waals surface area contributed by atoms with Crippen molar-refractivity contribution in [3.63, 3.8) is 0 Å². The topological polar surface area (TPSA) is 43.2 Å². The van der Waals surface area contributed by atoms with E-state index in [-0.39, 0.29) is 12.1 Å². The largest absolute Gasteiger partial charge is 0.483 e. The van der Waals surface area contributed by atoms with E-state index in [1.165, 1.54) is 5.56 Å². The second-order valence-electron chi connectivity index (χ2n) is 5.38. The predicted octanol–water partition coefficient (Wildman–Crippen LogP) is 3.49. The van der Waals surface area contributed by atoms with Gasteiger partial charge in [-0.05, 0) is 23.6 Å². The summed E-state index contributed by atoms with van der Waals surface area (Å²) in [6.07, 6.45) is 0.740. The molecule has 2 atom stereocenters. The van der Waals surface area contributed by atoms with Crippen LogP contribution in [0, 0.1) is 5.92 Å². The van der Waals surface area contributed by atoms with Gasteiger partial charge < -0.3 is 9.47 Å². The van der Waals surface area contributed by atoms with Crippen molar-refractivity contribution in [2.75, 3.05) is 14.2 Å². The van der Waals surface area contributed by atoms with Crippen molar-refractivity contribution in [2.45, 2.75) is 32.4 Å². The molecule has 1 aliphatic heterocycles. The third-order valence-corrected chi connectivity index (χ3v) is 3.95. The van der Waals surface area contributed by atoms with Gasteiger partial charge in [-0.1, -0.05) is 41.9 Å². The second kappa shape index (κ2) is 7.07. The van der Waals surface area contributed by atoms with E-state index >= 15 is 0 Å². The molecule has 0 bridgehead atoms. The Morgan fingerprint density at radius 2 is 1.86 bits per heavy atom. The van der Waals surface area contributed by atoms with Crippen LogP contribution in [-0.2, 0) is 15.9 Å². The third kappa shape index (κ3) is 3.84. The summed E-state index contributed by atoms with van der Waals surface area (Å²) in [5.74, 6) is 1.68. The Morgan fingerprint density at radius 1 is 1.14 bits per heavy atom. The van der Waals surface area contributed by atoms with E-state index in [2.05, 4.69) is 46.9 Å². The Balaban J connectivity index is 2.25. The molecular weight excluding hydrogens is 332 g/mol. The number of aliphatic imine (C=N–C) groups is 2. The zero-order valence-electron chi connectivity index (χ0n) is 12.8. The first kappa shape index (κ1) is 16.0. The fourth-order valence-electron chi connectivity index (χ4n) is 2.38. The van der Waals surface area contributed by atoms with Crippen molar-refractivity contribution in [2.24, 2.45) is 15.9 Å². The maximum atomic E-state index is 5.46. The van der Waals surface area contributed by atoms with Crippen LogP contribution in [-0.4, -0.2) is 38.1 Å². The molecule has 0 N–H and O–H groups in total. The molecule has 0 amide bonds. The molecule has 1 aromatic carbocycles. The van der Waals surface area contributed by atoms with E-state index in [9.17, 15) is 0 Å². The van der Waals surface area contributed by atoms with Crippen molar-refractivity contribution in [1.29, 1.82) is 0 Å². The molecule has 1 aromatic rings. The lowest BCUT2D eigenvalue weighted by Gasteiger charge is -2.27. The lowest BCUT2D eigenvalue weighted by molar-refractivity contribution is 0.332. The number of halogens is 1. The van der Waals surface area contributed by atoms with Gasteiger partial charge in [0.15, 0.2) is 0 Å². The summed E-state index contributed by atoms with van der Waals surface area (Å²) in [4.78, 5) is 9.38. The summed E-state index contributed by atoms with van der Waals surface area (Å²) in [5.41, 5.74) is 1.18. The Kier molecular flexibility index (Phi) is 5.39. The van der Waals surface area contributed by atoms with Crippen LogP contribution >= 0.6 is 15.9 Å². The molecule has 1 heterocycles. The summed E-state index contributed by atoms with van der Waals surface area (Å²) in [5, 5.41) is 0. The van der Waals surface area contributed by atoms with Crippen LogP contribution in [0.2, 0.25) is 0 Å². The Hall–Kier alpha value is -1.36. The van der Waals surface area contributed by atoms with Gasteiger partial charge in [-0.25, -0.2) is 9.98 Å². The van der Waals surface area contributed by atoms with E-state index in [1.807, 2.05) is 12.1 Å². The number of ether oxygens (including phenoxy) is 2. The van der Waals surface area contributed by atoms with Gasteiger partial charge in [-0.15, -0.1) is 0 Å². The van der Waals surface area contributed by atoms with E-state index in [0.29, 0.717) is 17.7 Å². The van der Waals surface area contributed by atoms with Gasteiger partial charge in [0.25, 0.3) is 0 Å². The molecule has 0 saturated heterocycles. The van der Waals surface area contributed by atoms with Crippen molar-refractivity contribution in [3.05, 3.63) is 34.3 Å². The molecular formula is C16H21BrN2O2. The summed E-state index contributed by atoms with van der Waals surface area (Å²) >= 11 is 3.49. The average molecular weight is 353 g/mol. The van der Waals surface area contributed by atoms with Crippen LogP contribution in [0.25, 0.3) is 0 Å². The molecule has 0 unspecified atom stereocenters. The summed E-state index contributed by atoms with van der Waals surface area (Å²) in [7, 11) is 3.30. The second-order valence-corrected chi connectivity index (χ2v) is 6.30. The van der Waals surface area contributed by atoms with Crippen LogP contribution in [0.3, 0.4) is 0 Å². The highest BCUT2D eigenvalue weighted by Crippen LogP contribution is 2.21. The van der Waals surface area contributed by atoms with Crippen molar-refractivity contribution >= 4 is 27.7 Å². The number of hydrogen-bond acceptors (Lipinski definition) is 4. The minimum atomic E-state index is -0.130. The number of rotatable bonds is 3. The van der Waals surface area contributed by atoms with Gasteiger partial charge in [0.1, 0.15) is 12.1 Å². The SMILES string of the molecule is COC1=N[C@H](C(C)C)C(OC)=N[C@H]1Cc1cccc(Br)c1. The monoisotopic (exact) mass is 352 g/mol. The van der Waals surface area contributed by atoms with E-state index in [0.717, 1.165) is 10.9 Å². The Labute approximate surface area is 134 Å². The quantitative estimate of drug-likeness (QED) is 0.835. The molecule has 0 radical (unpaired) electrons. The minimum Gasteiger partial charge on any atom is -0.483 e. The van der Waals surface area contributed by atoms with Gasteiger partial charge in [-0.3, -0.25) is 0 Å². The lowest BCUT2D eigenvalue weighted by atomic mass is 10.0. The molecule has 0 aromatic heterocycles. The normalized spacial score (nSPS) is 21.8. The Bertz CT molecular complexity index is 555. The first-order chi connectivity index (χ1) is 10.0. The molecule has 0 fully saturated rings. The van der Waals surface area contributed by atoms with Crippen LogP contribution < -0.4 is 0 Å². The third-order valence-electron chi connectivity index (χ3n) is 3.46. The number of hydrogen-bond donors (Lipinski definition) is 0. The molecule has 2 rings (SSSR count). The Morgan fingerprint density at radius 3 is 2.43 bits per heavy atom. The van der Waals surface area contributed by atoms with Crippen LogP contribution in [0.5, 0.6) is 0 Å². The lowest BCUT2D eigenvalue weighted by Crippen LogP contribution is -2.38. The van der Waals surface area contributed by atoms with Crippen LogP contribution in [0.15, 0.2) is 38.7 Å². The van der Waals surface area contributed by atoms with Gasteiger partial charge in [0, 0.05) is 10.9 Å². The fraction of sp³-hybridized carbons (Fsp3) is 0.500. The minimum absolute atomic E-state index is 0.0660. The molecule has 0 spiro atoms. The zero-order chi connectivity index (χ0) is 15.4. The number of nitrogens with zero attached hydrogens (tertiary/aromatic N) is 2. The molecule has 0 saturated carbocycles. The van der Waals surface area contributed by atoms with Gasteiger partial charge in [0.05, 0.1) is 14.2 Å². The predicted molar refractivity (Wildman–Crippen MR) is 89.1 cm³/mol. The van der Waals surface area contributed by atoms with E-state index < -0.39 is 0 Å². The summed E-state index contributed by atoms with van der Waals surface area (Å²) in [6, 6.07) is 7.99. The highest BCUT2D eigenvalue weighted by atomic mass is 79.9. The van der Waals surface area contributed by atoms with Crippen LogP contribution in [0.4, 0.5) is 0 Å². The summed E-state index contributed by atoms with van der Waals surface area (Å²) < 4.78 is 11.9. The van der Waals surface area contributed by atoms with E-state index in [4.69, 9.17) is 14.5 Å². The molecule has 4 nitrogen and oxygen atoms in total. The maximum absolute atomic E-state index is 5.46. The van der Waals surface area contributed by atoms with Crippen LogP contribution in [0.1, 0.15) is 19.4 Å². The van der Waals surface area contributed by atoms with Gasteiger partial charge >= 0.3 is 0 Å². The van der Waals surface area contributed by atoms with Crippen molar-refractivity contribution in [3.8, 4) is 0 Å². The van der Waals surface area contributed by atoms with Gasteiger partial charge in [0.2, 0.25) is 11.8 Å². The standard InChI is InChI=1S/C16H21BrN2O2/c1-10(2)14-16(21-4)18-13(15(19-14)20-3)9-11-6-5-7-12(17)8-11/h5-8,10,13-14H,9H2,1-4H3/t13-,14+/m0/s1. The molecule has 5 heteroatoms. The number of methoxy groups -OCH3 is 2. The highest BCUT2D eigenvalue weighted by molar-refractivity contribution is 9.10. The fourth-order valence-corrected chi connectivity index (χ4v) is 2.83. The van der Waals surface area contributed by atoms with Gasteiger partial charge in [-0.2, -0.15) is 0 Å². The smallest absolute Gasteiger partial charge is 0.209 e. The van der Waals surface area contributed by atoms with Crippen molar-refractivity contribution < 1.29 is 9.47 Å². The summed E-state index contributed by atoms with van der Waals surface area (Å²) in [6.45, 7) is 4.20. The first-order valence-electron chi connectivity index (χ1n) is 7.03. The molecule has 21 heavy (non-hydrogen) atoms. The highest BCUT2D eigenvalue weighted by Gasteiger charge is 2.30. The molecule has 1 aliphatic rings. The zero-order valence-corrected chi connectivity index (χ0v) is 14.4. The molecule has 114 valence electrons. The average Bonchev–Trinajstić information content (AvgIpc) is 2.46. The first-order valence-corrected chi connectivity index (χ1v) is 7.82. The van der Waals surface area contributed by atoms with E-state index in [1.54, 1.807) is 14.2 Å².